The Balaban J connectivity index is 1.28. The maximum absolute atomic E-state index is 13.9. The molecule has 0 saturated carbocycles. The number of carbonyl (C=O) groups excluding carboxylic acids is 2. The zero-order chi connectivity index (χ0) is 20.2. The van der Waals surface area contributed by atoms with Crippen LogP contribution >= 0.6 is 0 Å². The van der Waals surface area contributed by atoms with Gasteiger partial charge in [-0.2, -0.15) is 0 Å². The molecule has 0 aromatic heterocycles. The van der Waals surface area contributed by atoms with E-state index < -0.39 is 0 Å². The summed E-state index contributed by atoms with van der Waals surface area (Å²) in [5.41, 5.74) is 5.37. The summed E-state index contributed by atoms with van der Waals surface area (Å²) in [6, 6.07) is 20.3. The molecule has 0 saturated heterocycles. The third kappa shape index (κ3) is 4.60. The fraction of sp³-hybridized carbons (Fsp3) is 0.200. The molecule has 0 unspecified atom stereocenters. The predicted octanol–water partition coefficient (Wildman–Crippen LogP) is 5.12. The molecule has 1 aliphatic heterocycles. The lowest BCUT2D eigenvalue weighted by molar-refractivity contribution is -0.118. The summed E-state index contributed by atoms with van der Waals surface area (Å²) in [6.07, 6.45) is 2.89. The zero-order valence-electron chi connectivity index (χ0n) is 16.1. The number of rotatable bonds is 7. The Kier molecular flexibility index (Phi) is 5.52. The summed E-state index contributed by atoms with van der Waals surface area (Å²) in [7, 11) is 0. The van der Waals surface area contributed by atoms with Crippen molar-refractivity contribution in [3.63, 3.8) is 0 Å². The molecule has 0 radical (unpaired) electrons. The van der Waals surface area contributed by atoms with Gasteiger partial charge < -0.3 is 5.32 Å². The van der Waals surface area contributed by atoms with Crippen LogP contribution in [-0.4, -0.2) is 11.7 Å². The van der Waals surface area contributed by atoms with Gasteiger partial charge in [0.1, 0.15) is 11.6 Å². The lowest BCUT2D eigenvalue weighted by Crippen LogP contribution is -2.03. The first-order valence-corrected chi connectivity index (χ1v) is 9.86. The van der Waals surface area contributed by atoms with Gasteiger partial charge in [-0.15, -0.1) is 0 Å². The second kappa shape index (κ2) is 8.39. The minimum absolute atomic E-state index is 0.00416. The van der Waals surface area contributed by atoms with Crippen molar-refractivity contribution < 1.29 is 14.0 Å². The summed E-state index contributed by atoms with van der Waals surface area (Å²) in [6.45, 7) is 0. The fourth-order valence-electron chi connectivity index (χ4n) is 3.74. The van der Waals surface area contributed by atoms with Gasteiger partial charge in [-0.3, -0.25) is 9.59 Å². The Morgan fingerprint density at radius 1 is 0.966 bits per heavy atom. The number of benzene rings is 3. The number of amides is 1. The van der Waals surface area contributed by atoms with Crippen molar-refractivity contribution >= 4 is 17.4 Å². The molecule has 0 spiro atoms. The first-order chi connectivity index (χ1) is 14.1. The summed E-state index contributed by atoms with van der Waals surface area (Å²) in [5.74, 6) is -0.0211. The van der Waals surface area contributed by atoms with E-state index in [1.807, 2.05) is 48.5 Å². The van der Waals surface area contributed by atoms with Crippen LogP contribution in [0.2, 0.25) is 0 Å². The highest BCUT2D eigenvalue weighted by Gasteiger charge is 2.18. The Bertz CT molecular complexity index is 1060. The van der Waals surface area contributed by atoms with Gasteiger partial charge in [0.05, 0.1) is 6.42 Å². The number of carbonyl (C=O) groups is 2. The Labute approximate surface area is 169 Å². The van der Waals surface area contributed by atoms with Gasteiger partial charge >= 0.3 is 0 Å². The molecule has 1 N–H and O–H groups in total. The molecule has 146 valence electrons. The summed E-state index contributed by atoms with van der Waals surface area (Å²) in [4.78, 5) is 23.8. The largest absolute Gasteiger partial charge is 0.326 e. The van der Waals surface area contributed by atoms with Crippen molar-refractivity contribution in [3.8, 4) is 11.1 Å². The van der Waals surface area contributed by atoms with Gasteiger partial charge in [-0.1, -0.05) is 54.6 Å². The van der Waals surface area contributed by atoms with Crippen LogP contribution in [0.25, 0.3) is 11.1 Å². The number of hydrogen-bond acceptors (Lipinski definition) is 2. The molecule has 4 heteroatoms. The maximum atomic E-state index is 13.9. The zero-order valence-corrected chi connectivity index (χ0v) is 16.1. The normalized spacial score (nSPS) is 12.5. The van der Waals surface area contributed by atoms with Gasteiger partial charge in [0.15, 0.2) is 0 Å². The van der Waals surface area contributed by atoms with Crippen molar-refractivity contribution in [2.24, 2.45) is 0 Å². The predicted molar refractivity (Wildman–Crippen MR) is 112 cm³/mol. The number of Topliss-reactive ketones (excluding diaryl/α,β-unsaturated/α-hetero) is 1. The molecule has 3 aromatic carbocycles. The Morgan fingerprint density at radius 3 is 2.52 bits per heavy atom. The van der Waals surface area contributed by atoms with Gasteiger partial charge in [-0.05, 0) is 47.2 Å². The molecular formula is C25H22FNO2. The highest BCUT2D eigenvalue weighted by Crippen LogP contribution is 2.25. The van der Waals surface area contributed by atoms with Crippen LogP contribution in [-0.2, 0) is 28.9 Å². The van der Waals surface area contributed by atoms with Crippen molar-refractivity contribution in [2.75, 3.05) is 5.32 Å². The van der Waals surface area contributed by atoms with E-state index >= 15 is 0 Å². The van der Waals surface area contributed by atoms with Crippen molar-refractivity contribution in [2.45, 2.75) is 32.1 Å². The van der Waals surface area contributed by atoms with Crippen LogP contribution < -0.4 is 5.32 Å². The van der Waals surface area contributed by atoms with Gasteiger partial charge in [0.25, 0.3) is 0 Å². The van der Waals surface area contributed by atoms with Crippen LogP contribution in [0.4, 0.5) is 10.1 Å². The minimum Gasteiger partial charge on any atom is -0.326 e. The lowest BCUT2D eigenvalue weighted by Gasteiger charge is -2.06. The maximum Gasteiger partial charge on any atom is 0.228 e. The van der Waals surface area contributed by atoms with Crippen LogP contribution in [0.5, 0.6) is 0 Å². The summed E-state index contributed by atoms with van der Waals surface area (Å²) < 4.78 is 13.9. The summed E-state index contributed by atoms with van der Waals surface area (Å²) in [5, 5.41) is 2.80. The molecule has 1 heterocycles. The average Bonchev–Trinajstić information content (AvgIpc) is 3.08. The van der Waals surface area contributed by atoms with Gasteiger partial charge in [0, 0.05) is 24.1 Å². The fourth-order valence-corrected chi connectivity index (χ4v) is 3.74. The van der Waals surface area contributed by atoms with E-state index in [0.29, 0.717) is 24.8 Å². The minimum atomic E-state index is -0.224. The average molecular weight is 387 g/mol. The number of fused-ring (bicyclic) bond motifs is 1. The third-order valence-electron chi connectivity index (χ3n) is 5.26. The smallest absolute Gasteiger partial charge is 0.228 e. The summed E-state index contributed by atoms with van der Waals surface area (Å²) >= 11 is 0. The first-order valence-electron chi connectivity index (χ1n) is 9.86. The molecule has 0 bridgehead atoms. The van der Waals surface area contributed by atoms with Crippen molar-refractivity contribution in [1.29, 1.82) is 0 Å². The molecule has 3 aromatic rings. The van der Waals surface area contributed by atoms with Crippen LogP contribution in [0.15, 0.2) is 66.7 Å². The molecule has 0 atom stereocenters. The molecule has 0 fully saturated rings. The highest BCUT2D eigenvalue weighted by atomic mass is 19.1. The molecule has 29 heavy (non-hydrogen) atoms. The SMILES string of the molecule is O=C(CCCc1ccc(-c2ccccc2F)cc1)Cc1ccc2c(c1)CC(=O)N2. The molecule has 0 aliphatic carbocycles. The van der Waals surface area contributed by atoms with Crippen LogP contribution in [0.3, 0.4) is 0 Å². The second-order valence-electron chi connectivity index (χ2n) is 7.46. The topological polar surface area (TPSA) is 46.2 Å². The lowest BCUT2D eigenvalue weighted by atomic mass is 9.99. The molecular weight excluding hydrogens is 365 g/mol. The van der Waals surface area contributed by atoms with E-state index in [-0.39, 0.29) is 17.5 Å². The Morgan fingerprint density at radius 2 is 1.72 bits per heavy atom. The number of halogens is 1. The number of ketones is 1. The second-order valence-corrected chi connectivity index (χ2v) is 7.46. The molecule has 3 nitrogen and oxygen atoms in total. The van der Waals surface area contributed by atoms with E-state index in [2.05, 4.69) is 5.32 Å². The third-order valence-corrected chi connectivity index (χ3v) is 5.26. The first kappa shape index (κ1) is 19.1. The van der Waals surface area contributed by atoms with Gasteiger partial charge in [0.2, 0.25) is 5.91 Å². The van der Waals surface area contributed by atoms with E-state index in [0.717, 1.165) is 40.8 Å². The van der Waals surface area contributed by atoms with E-state index in [1.165, 1.54) is 6.07 Å². The number of nitrogens with one attached hydrogen (secondary N) is 1. The molecule has 1 aliphatic rings. The van der Waals surface area contributed by atoms with Crippen molar-refractivity contribution in [3.05, 3.63) is 89.2 Å². The van der Waals surface area contributed by atoms with Crippen molar-refractivity contribution in [1.82, 2.24) is 0 Å². The number of hydrogen-bond donors (Lipinski definition) is 1. The van der Waals surface area contributed by atoms with E-state index in [1.54, 1.807) is 12.1 Å². The quantitative estimate of drug-likeness (QED) is 0.611. The highest BCUT2D eigenvalue weighted by molar-refractivity contribution is 5.99. The van der Waals surface area contributed by atoms with Gasteiger partial charge in [-0.25, -0.2) is 4.39 Å². The molecule has 1 amide bonds. The standard InChI is InChI=1S/C25H22FNO2/c26-23-7-2-1-6-22(23)19-11-8-17(9-12-19)4-3-5-21(28)15-18-10-13-24-20(14-18)16-25(29)27-24/h1-2,6-14H,3-5,15-16H2,(H,27,29). The molecule has 4 rings (SSSR count). The van der Waals surface area contributed by atoms with Crippen LogP contribution in [0.1, 0.15) is 29.5 Å². The number of aryl methyl sites for hydroxylation is 1. The monoisotopic (exact) mass is 387 g/mol. The Hall–Kier alpha value is -3.27. The van der Waals surface area contributed by atoms with E-state index in [9.17, 15) is 14.0 Å². The number of anilines is 1. The van der Waals surface area contributed by atoms with Crippen LogP contribution in [0, 0.1) is 5.82 Å². The van der Waals surface area contributed by atoms with E-state index in [4.69, 9.17) is 0 Å².